The number of sulfonamides is 1. The molecule has 0 aliphatic heterocycles. The van der Waals surface area contributed by atoms with E-state index in [1.807, 2.05) is 0 Å². The standard InChI is InChI=1S/C18H21FN2O5S/c1-13-11-16(27(23,24)21-15-5-3-14(19)4-6-15)7-8-17(13)26-12-18(22)20-9-10-25-2/h3-8,11,21H,9-10,12H2,1-2H3,(H,20,22). The van der Waals surface area contributed by atoms with Crippen molar-refractivity contribution >= 4 is 21.6 Å². The van der Waals surface area contributed by atoms with E-state index in [4.69, 9.17) is 9.47 Å². The molecule has 0 bridgehead atoms. The molecule has 0 aliphatic carbocycles. The number of hydrogen-bond acceptors (Lipinski definition) is 5. The fraction of sp³-hybridized carbons (Fsp3) is 0.278. The molecular formula is C18H21FN2O5S. The van der Waals surface area contributed by atoms with E-state index < -0.39 is 15.8 Å². The lowest BCUT2D eigenvalue weighted by Crippen LogP contribution is -2.31. The lowest BCUT2D eigenvalue weighted by molar-refractivity contribution is -0.123. The van der Waals surface area contributed by atoms with Crippen LogP contribution in [0.15, 0.2) is 47.4 Å². The van der Waals surface area contributed by atoms with Crippen molar-refractivity contribution in [2.45, 2.75) is 11.8 Å². The molecule has 0 unspecified atom stereocenters. The maximum atomic E-state index is 12.9. The molecular weight excluding hydrogens is 375 g/mol. The first-order valence-electron chi connectivity index (χ1n) is 8.09. The molecule has 0 spiro atoms. The van der Waals surface area contributed by atoms with Crippen LogP contribution in [-0.4, -0.2) is 41.2 Å². The molecule has 2 aromatic rings. The summed E-state index contributed by atoms with van der Waals surface area (Å²) < 4.78 is 50.4. The zero-order valence-electron chi connectivity index (χ0n) is 15.0. The van der Waals surface area contributed by atoms with E-state index in [2.05, 4.69) is 10.0 Å². The number of rotatable bonds is 9. The molecule has 0 saturated heterocycles. The Hall–Kier alpha value is -2.65. The molecule has 9 heteroatoms. The molecule has 0 saturated carbocycles. The fourth-order valence-electron chi connectivity index (χ4n) is 2.17. The first kappa shape index (κ1) is 20.7. The first-order chi connectivity index (χ1) is 12.8. The van der Waals surface area contributed by atoms with Crippen LogP contribution in [0, 0.1) is 12.7 Å². The molecule has 0 aromatic heterocycles. The second-order valence-electron chi connectivity index (χ2n) is 5.67. The van der Waals surface area contributed by atoms with Gasteiger partial charge < -0.3 is 14.8 Å². The Morgan fingerprint density at radius 1 is 1.15 bits per heavy atom. The van der Waals surface area contributed by atoms with Gasteiger partial charge in [-0.1, -0.05) is 0 Å². The topological polar surface area (TPSA) is 93.7 Å². The Morgan fingerprint density at radius 2 is 1.85 bits per heavy atom. The van der Waals surface area contributed by atoms with Crippen LogP contribution >= 0.6 is 0 Å². The second kappa shape index (κ2) is 9.33. The highest BCUT2D eigenvalue weighted by Gasteiger charge is 2.16. The number of ether oxygens (including phenoxy) is 2. The summed E-state index contributed by atoms with van der Waals surface area (Å²) in [6.45, 7) is 2.27. The molecule has 146 valence electrons. The van der Waals surface area contributed by atoms with Crippen molar-refractivity contribution in [3.63, 3.8) is 0 Å². The number of halogens is 1. The minimum atomic E-state index is -3.83. The summed E-state index contributed by atoms with van der Waals surface area (Å²) in [5.41, 5.74) is 0.809. The highest BCUT2D eigenvalue weighted by Crippen LogP contribution is 2.23. The van der Waals surface area contributed by atoms with Crippen molar-refractivity contribution < 1.29 is 27.1 Å². The molecule has 1 amide bonds. The van der Waals surface area contributed by atoms with E-state index in [1.54, 1.807) is 6.92 Å². The molecule has 0 fully saturated rings. The van der Waals surface area contributed by atoms with Gasteiger partial charge in [-0.3, -0.25) is 9.52 Å². The number of methoxy groups -OCH3 is 1. The number of nitrogens with one attached hydrogen (secondary N) is 2. The Bertz CT molecular complexity index is 885. The third-order valence-electron chi connectivity index (χ3n) is 3.54. The van der Waals surface area contributed by atoms with Crippen LogP contribution < -0.4 is 14.8 Å². The van der Waals surface area contributed by atoms with Crippen LogP contribution in [0.2, 0.25) is 0 Å². The summed E-state index contributed by atoms with van der Waals surface area (Å²) in [4.78, 5) is 11.7. The smallest absolute Gasteiger partial charge is 0.261 e. The van der Waals surface area contributed by atoms with Crippen molar-refractivity contribution in [3.05, 3.63) is 53.8 Å². The number of hydrogen-bond donors (Lipinski definition) is 2. The molecule has 2 aromatic carbocycles. The summed E-state index contributed by atoms with van der Waals surface area (Å²) in [5.74, 6) is -0.361. The van der Waals surface area contributed by atoms with Crippen LogP contribution in [0.1, 0.15) is 5.56 Å². The van der Waals surface area contributed by atoms with E-state index in [0.29, 0.717) is 24.5 Å². The highest BCUT2D eigenvalue weighted by atomic mass is 32.2. The van der Waals surface area contributed by atoms with Gasteiger partial charge in [0.1, 0.15) is 11.6 Å². The predicted octanol–water partition coefficient (Wildman–Crippen LogP) is 2.08. The molecule has 27 heavy (non-hydrogen) atoms. The van der Waals surface area contributed by atoms with Crippen molar-refractivity contribution in [2.24, 2.45) is 0 Å². The van der Waals surface area contributed by atoms with Gasteiger partial charge in [0.25, 0.3) is 15.9 Å². The first-order valence-corrected chi connectivity index (χ1v) is 9.57. The van der Waals surface area contributed by atoms with Gasteiger partial charge in [-0.15, -0.1) is 0 Å². The highest BCUT2D eigenvalue weighted by molar-refractivity contribution is 7.92. The molecule has 2 N–H and O–H groups in total. The zero-order chi connectivity index (χ0) is 19.9. The van der Waals surface area contributed by atoms with E-state index in [-0.39, 0.29) is 23.1 Å². The minimum Gasteiger partial charge on any atom is -0.484 e. The van der Waals surface area contributed by atoms with Crippen molar-refractivity contribution in [1.82, 2.24) is 5.32 Å². The van der Waals surface area contributed by atoms with Gasteiger partial charge in [0, 0.05) is 19.3 Å². The van der Waals surface area contributed by atoms with Crippen LogP contribution in [0.3, 0.4) is 0 Å². The monoisotopic (exact) mass is 396 g/mol. The molecule has 2 rings (SSSR count). The Balaban J connectivity index is 2.02. The molecule has 0 aliphatic rings. The minimum absolute atomic E-state index is 0.0289. The number of amides is 1. The average molecular weight is 396 g/mol. The van der Waals surface area contributed by atoms with Crippen LogP contribution in [0.4, 0.5) is 10.1 Å². The second-order valence-corrected chi connectivity index (χ2v) is 7.35. The van der Waals surface area contributed by atoms with Crippen LogP contribution in [0.25, 0.3) is 0 Å². The lowest BCUT2D eigenvalue weighted by atomic mass is 10.2. The number of carbonyl (C=O) groups is 1. The van der Waals surface area contributed by atoms with Crippen molar-refractivity contribution in [1.29, 1.82) is 0 Å². The quantitative estimate of drug-likeness (QED) is 0.633. The zero-order valence-corrected chi connectivity index (χ0v) is 15.8. The number of carbonyl (C=O) groups excluding carboxylic acids is 1. The molecule has 7 nitrogen and oxygen atoms in total. The Morgan fingerprint density at radius 3 is 2.48 bits per heavy atom. The number of aryl methyl sites for hydroxylation is 1. The third-order valence-corrected chi connectivity index (χ3v) is 4.92. The maximum absolute atomic E-state index is 12.9. The van der Waals surface area contributed by atoms with Crippen molar-refractivity contribution in [3.8, 4) is 5.75 Å². The molecule has 0 radical (unpaired) electrons. The third kappa shape index (κ3) is 6.22. The van der Waals surface area contributed by atoms with Gasteiger partial charge in [0.15, 0.2) is 6.61 Å². The average Bonchev–Trinajstić information content (AvgIpc) is 2.62. The van der Waals surface area contributed by atoms with E-state index in [0.717, 1.165) is 12.1 Å². The maximum Gasteiger partial charge on any atom is 0.261 e. The number of anilines is 1. The van der Waals surface area contributed by atoms with Gasteiger partial charge >= 0.3 is 0 Å². The SMILES string of the molecule is COCCNC(=O)COc1ccc(S(=O)(=O)Nc2ccc(F)cc2)cc1C. The number of benzene rings is 2. The summed E-state index contributed by atoms with van der Waals surface area (Å²) in [6, 6.07) is 9.28. The fourth-order valence-corrected chi connectivity index (χ4v) is 3.31. The summed E-state index contributed by atoms with van der Waals surface area (Å²) in [6.07, 6.45) is 0. The predicted molar refractivity (Wildman–Crippen MR) is 98.8 cm³/mol. The lowest BCUT2D eigenvalue weighted by Gasteiger charge is -2.12. The van der Waals surface area contributed by atoms with E-state index in [9.17, 15) is 17.6 Å². The van der Waals surface area contributed by atoms with Gasteiger partial charge in [-0.25, -0.2) is 12.8 Å². The summed E-state index contributed by atoms with van der Waals surface area (Å²) in [7, 11) is -2.30. The molecule has 0 heterocycles. The Labute approximate surface area is 157 Å². The van der Waals surface area contributed by atoms with Crippen molar-refractivity contribution in [2.75, 3.05) is 31.6 Å². The molecule has 0 atom stereocenters. The van der Waals surface area contributed by atoms with Crippen LogP contribution in [0.5, 0.6) is 5.75 Å². The van der Waals surface area contributed by atoms with E-state index >= 15 is 0 Å². The summed E-state index contributed by atoms with van der Waals surface area (Å²) >= 11 is 0. The summed E-state index contributed by atoms with van der Waals surface area (Å²) in [5, 5.41) is 2.62. The van der Waals surface area contributed by atoms with Gasteiger partial charge in [0.05, 0.1) is 11.5 Å². The van der Waals surface area contributed by atoms with Gasteiger partial charge in [-0.2, -0.15) is 0 Å². The largest absolute Gasteiger partial charge is 0.484 e. The van der Waals surface area contributed by atoms with E-state index in [1.165, 1.54) is 37.4 Å². The normalized spacial score (nSPS) is 11.1. The van der Waals surface area contributed by atoms with Gasteiger partial charge in [-0.05, 0) is 55.0 Å². The van der Waals surface area contributed by atoms with Crippen LogP contribution in [-0.2, 0) is 19.6 Å². The Kier molecular flexibility index (Phi) is 7.14. The van der Waals surface area contributed by atoms with Gasteiger partial charge in [0.2, 0.25) is 0 Å².